The van der Waals surface area contributed by atoms with Crippen LogP contribution in [0.25, 0.3) is 0 Å². The first kappa shape index (κ1) is 13.1. The minimum absolute atomic E-state index is 0.134. The highest BCUT2D eigenvalue weighted by atomic mass is 16.2. The van der Waals surface area contributed by atoms with Crippen LogP contribution in [0.5, 0.6) is 0 Å². The van der Waals surface area contributed by atoms with Gasteiger partial charge >= 0.3 is 0 Å². The normalized spacial score (nSPS) is 16.9. The molecule has 1 aliphatic rings. The number of hydrogen-bond donors (Lipinski definition) is 1. The van der Waals surface area contributed by atoms with Crippen LogP contribution in [-0.4, -0.2) is 48.4 Å². The molecule has 0 spiro atoms. The molecule has 1 saturated heterocycles. The molecule has 2 N–H and O–H groups in total. The summed E-state index contributed by atoms with van der Waals surface area (Å²) in [7, 11) is 0. The highest BCUT2D eigenvalue weighted by Crippen LogP contribution is 2.10. The summed E-state index contributed by atoms with van der Waals surface area (Å²) >= 11 is 0. The van der Waals surface area contributed by atoms with Crippen molar-refractivity contribution in [2.24, 2.45) is 5.73 Å². The summed E-state index contributed by atoms with van der Waals surface area (Å²) in [5.41, 5.74) is 7.37. The van der Waals surface area contributed by atoms with Crippen molar-refractivity contribution < 1.29 is 4.79 Å². The van der Waals surface area contributed by atoms with Crippen LogP contribution in [0.1, 0.15) is 22.8 Å². The van der Waals surface area contributed by atoms with Gasteiger partial charge in [0.1, 0.15) is 0 Å². The molecule has 98 valence electrons. The lowest BCUT2D eigenvalue weighted by Crippen LogP contribution is -2.48. The second-order valence-electron chi connectivity index (χ2n) is 4.63. The number of carbonyl (C=O) groups excluding carboxylic acids is 1. The van der Waals surface area contributed by atoms with Crippen molar-refractivity contribution in [2.75, 3.05) is 32.7 Å². The summed E-state index contributed by atoms with van der Waals surface area (Å²) in [6.45, 7) is 7.34. The molecule has 0 aromatic heterocycles. The molecule has 1 heterocycles. The van der Waals surface area contributed by atoms with Gasteiger partial charge in [-0.2, -0.15) is 0 Å². The standard InChI is InChI=1S/C14H21N3O/c1-2-16-7-9-17(10-8-16)14(18)13-5-3-12(11-15)4-6-13/h3-6H,2,7-11,15H2,1H3. The first-order valence-electron chi connectivity index (χ1n) is 6.55. The lowest BCUT2D eigenvalue weighted by atomic mass is 10.1. The molecule has 1 aromatic rings. The number of piperazine rings is 1. The van der Waals surface area contributed by atoms with Crippen molar-refractivity contribution >= 4 is 5.91 Å². The van der Waals surface area contributed by atoms with Gasteiger partial charge in [-0.1, -0.05) is 19.1 Å². The first-order chi connectivity index (χ1) is 8.74. The number of hydrogen-bond acceptors (Lipinski definition) is 3. The number of nitrogens with two attached hydrogens (primary N) is 1. The van der Waals surface area contributed by atoms with Gasteiger partial charge in [0, 0.05) is 38.3 Å². The Hall–Kier alpha value is -1.39. The van der Waals surface area contributed by atoms with Crippen molar-refractivity contribution in [1.82, 2.24) is 9.80 Å². The molecule has 2 rings (SSSR count). The molecule has 0 bridgehead atoms. The quantitative estimate of drug-likeness (QED) is 0.864. The maximum atomic E-state index is 12.3. The molecule has 1 fully saturated rings. The number of likely N-dealkylation sites (N-methyl/N-ethyl adjacent to an activating group) is 1. The first-order valence-corrected chi connectivity index (χ1v) is 6.55. The highest BCUT2D eigenvalue weighted by Gasteiger charge is 2.20. The molecular formula is C14H21N3O. The van der Waals surface area contributed by atoms with E-state index in [1.54, 1.807) is 0 Å². The monoisotopic (exact) mass is 247 g/mol. The van der Waals surface area contributed by atoms with Crippen LogP contribution in [0.2, 0.25) is 0 Å². The van der Waals surface area contributed by atoms with Crippen molar-refractivity contribution in [2.45, 2.75) is 13.5 Å². The smallest absolute Gasteiger partial charge is 0.253 e. The summed E-state index contributed by atoms with van der Waals surface area (Å²) in [6.07, 6.45) is 0. The molecule has 0 radical (unpaired) electrons. The molecular weight excluding hydrogens is 226 g/mol. The minimum Gasteiger partial charge on any atom is -0.336 e. The van der Waals surface area contributed by atoms with E-state index in [4.69, 9.17) is 5.73 Å². The third kappa shape index (κ3) is 2.89. The van der Waals surface area contributed by atoms with Gasteiger partial charge in [0.25, 0.3) is 5.91 Å². The van der Waals surface area contributed by atoms with Gasteiger partial charge in [-0.25, -0.2) is 0 Å². The third-order valence-corrected chi connectivity index (χ3v) is 3.54. The van der Waals surface area contributed by atoms with E-state index in [9.17, 15) is 4.79 Å². The van der Waals surface area contributed by atoms with E-state index < -0.39 is 0 Å². The van der Waals surface area contributed by atoms with Gasteiger partial charge in [0.15, 0.2) is 0 Å². The van der Waals surface area contributed by atoms with Gasteiger partial charge in [0.05, 0.1) is 0 Å². The molecule has 0 aliphatic carbocycles. The fourth-order valence-corrected chi connectivity index (χ4v) is 2.23. The van der Waals surface area contributed by atoms with E-state index in [1.807, 2.05) is 29.2 Å². The molecule has 0 unspecified atom stereocenters. The van der Waals surface area contributed by atoms with Crippen molar-refractivity contribution in [1.29, 1.82) is 0 Å². The zero-order valence-corrected chi connectivity index (χ0v) is 10.9. The Kier molecular flexibility index (Phi) is 4.33. The maximum Gasteiger partial charge on any atom is 0.253 e. The lowest BCUT2D eigenvalue weighted by molar-refractivity contribution is 0.0643. The Bertz CT molecular complexity index is 394. The molecule has 4 nitrogen and oxygen atoms in total. The Morgan fingerprint density at radius 2 is 1.78 bits per heavy atom. The fraction of sp³-hybridized carbons (Fsp3) is 0.500. The van der Waals surface area contributed by atoms with E-state index in [-0.39, 0.29) is 5.91 Å². The molecule has 0 atom stereocenters. The Labute approximate surface area is 108 Å². The van der Waals surface area contributed by atoms with Crippen LogP contribution in [0.15, 0.2) is 24.3 Å². The number of carbonyl (C=O) groups is 1. The molecule has 18 heavy (non-hydrogen) atoms. The lowest BCUT2D eigenvalue weighted by Gasteiger charge is -2.34. The zero-order valence-electron chi connectivity index (χ0n) is 10.9. The van der Waals surface area contributed by atoms with Crippen LogP contribution in [0, 0.1) is 0 Å². The van der Waals surface area contributed by atoms with Gasteiger partial charge < -0.3 is 15.5 Å². The van der Waals surface area contributed by atoms with Gasteiger partial charge in [-0.3, -0.25) is 4.79 Å². The van der Waals surface area contributed by atoms with E-state index in [0.29, 0.717) is 6.54 Å². The number of nitrogens with zero attached hydrogens (tertiary/aromatic N) is 2. The maximum absolute atomic E-state index is 12.3. The summed E-state index contributed by atoms with van der Waals surface area (Å²) < 4.78 is 0. The van der Waals surface area contributed by atoms with Crippen LogP contribution in [-0.2, 0) is 6.54 Å². The summed E-state index contributed by atoms with van der Waals surface area (Å²) in [5, 5.41) is 0. The Morgan fingerprint density at radius 3 is 2.28 bits per heavy atom. The number of amides is 1. The van der Waals surface area contributed by atoms with E-state index >= 15 is 0 Å². The summed E-state index contributed by atoms with van der Waals surface area (Å²) in [6, 6.07) is 7.60. The predicted molar refractivity (Wildman–Crippen MR) is 72.4 cm³/mol. The molecule has 1 aromatic carbocycles. The average Bonchev–Trinajstić information content (AvgIpc) is 2.47. The van der Waals surface area contributed by atoms with Gasteiger partial charge in [-0.15, -0.1) is 0 Å². The fourth-order valence-electron chi connectivity index (χ4n) is 2.23. The van der Waals surface area contributed by atoms with Crippen molar-refractivity contribution in [3.8, 4) is 0 Å². The van der Waals surface area contributed by atoms with Crippen LogP contribution in [0.4, 0.5) is 0 Å². The highest BCUT2D eigenvalue weighted by molar-refractivity contribution is 5.94. The molecule has 0 saturated carbocycles. The predicted octanol–water partition coefficient (Wildman–Crippen LogP) is 0.923. The molecule has 1 aliphatic heterocycles. The number of benzene rings is 1. The summed E-state index contributed by atoms with van der Waals surface area (Å²) in [4.78, 5) is 16.6. The van der Waals surface area contributed by atoms with E-state index in [2.05, 4.69) is 11.8 Å². The van der Waals surface area contributed by atoms with E-state index in [1.165, 1.54) is 0 Å². The summed E-state index contributed by atoms with van der Waals surface area (Å²) in [5.74, 6) is 0.134. The van der Waals surface area contributed by atoms with Crippen molar-refractivity contribution in [3.05, 3.63) is 35.4 Å². The Morgan fingerprint density at radius 1 is 1.17 bits per heavy atom. The van der Waals surface area contributed by atoms with Crippen LogP contribution < -0.4 is 5.73 Å². The largest absolute Gasteiger partial charge is 0.336 e. The third-order valence-electron chi connectivity index (χ3n) is 3.54. The SMILES string of the molecule is CCN1CCN(C(=O)c2ccc(CN)cc2)CC1. The van der Waals surface area contributed by atoms with Crippen LogP contribution in [0.3, 0.4) is 0 Å². The molecule has 4 heteroatoms. The second-order valence-corrected chi connectivity index (χ2v) is 4.63. The Balaban J connectivity index is 1.98. The van der Waals surface area contributed by atoms with Gasteiger partial charge in [-0.05, 0) is 24.2 Å². The average molecular weight is 247 g/mol. The van der Waals surface area contributed by atoms with Gasteiger partial charge in [0.2, 0.25) is 0 Å². The molecule has 1 amide bonds. The van der Waals surface area contributed by atoms with E-state index in [0.717, 1.165) is 43.9 Å². The van der Waals surface area contributed by atoms with Crippen LogP contribution >= 0.6 is 0 Å². The topological polar surface area (TPSA) is 49.6 Å². The minimum atomic E-state index is 0.134. The van der Waals surface area contributed by atoms with Crippen molar-refractivity contribution in [3.63, 3.8) is 0 Å². The zero-order chi connectivity index (χ0) is 13.0. The number of rotatable bonds is 3. The second kappa shape index (κ2) is 5.98.